The molecule has 0 aliphatic rings. The topological polar surface area (TPSA) is 68.4 Å². The van der Waals surface area contributed by atoms with E-state index in [1.807, 2.05) is 63.2 Å². The molecule has 0 aliphatic heterocycles. The van der Waals surface area contributed by atoms with Gasteiger partial charge in [-0.25, -0.2) is 9.38 Å². The number of benzene rings is 2. The standard InChI is InChI=1S/C21H20N4O2/c1-13-8-9-16(10-14(13)2)22-19(26)12-24-15(3)11-20(27)25-18-7-5-4-6-17(18)23-21(24)25/h4-11H,12H2,1-3H3,(H,22,26). The van der Waals surface area contributed by atoms with Gasteiger partial charge in [0.05, 0.1) is 11.0 Å². The van der Waals surface area contributed by atoms with Gasteiger partial charge in [0, 0.05) is 17.4 Å². The van der Waals surface area contributed by atoms with Crippen LogP contribution in [0.5, 0.6) is 0 Å². The van der Waals surface area contributed by atoms with Gasteiger partial charge in [0.1, 0.15) is 6.54 Å². The predicted molar refractivity (Wildman–Crippen MR) is 106 cm³/mol. The van der Waals surface area contributed by atoms with Crippen molar-refractivity contribution in [2.45, 2.75) is 27.3 Å². The number of nitrogens with zero attached hydrogens (tertiary/aromatic N) is 3. The third kappa shape index (κ3) is 2.99. The van der Waals surface area contributed by atoms with Gasteiger partial charge in [0.2, 0.25) is 11.7 Å². The van der Waals surface area contributed by atoms with Crippen molar-refractivity contribution in [3.05, 3.63) is 75.7 Å². The average molecular weight is 360 g/mol. The van der Waals surface area contributed by atoms with E-state index >= 15 is 0 Å². The summed E-state index contributed by atoms with van der Waals surface area (Å²) in [6, 6.07) is 14.8. The van der Waals surface area contributed by atoms with Crippen molar-refractivity contribution in [3.8, 4) is 0 Å². The van der Waals surface area contributed by atoms with Crippen LogP contribution in [0.4, 0.5) is 5.69 Å². The maximum Gasteiger partial charge on any atom is 0.259 e. The Bertz CT molecular complexity index is 1250. The Balaban J connectivity index is 1.74. The second kappa shape index (κ2) is 6.39. The molecule has 2 heterocycles. The second-order valence-electron chi connectivity index (χ2n) is 6.79. The lowest BCUT2D eigenvalue weighted by atomic mass is 10.1. The van der Waals surface area contributed by atoms with Crippen LogP contribution in [-0.2, 0) is 11.3 Å². The molecular formula is C21H20N4O2. The van der Waals surface area contributed by atoms with Crippen molar-refractivity contribution < 1.29 is 4.79 Å². The van der Waals surface area contributed by atoms with Crippen LogP contribution in [0.3, 0.4) is 0 Å². The highest BCUT2D eigenvalue weighted by Gasteiger charge is 2.14. The molecule has 0 saturated carbocycles. The third-order valence-corrected chi connectivity index (χ3v) is 4.86. The predicted octanol–water partition coefficient (Wildman–Crippen LogP) is 3.21. The summed E-state index contributed by atoms with van der Waals surface area (Å²) in [6.07, 6.45) is 0. The number of fused-ring (bicyclic) bond motifs is 3. The first-order valence-corrected chi connectivity index (χ1v) is 8.79. The van der Waals surface area contributed by atoms with Gasteiger partial charge in [-0.05, 0) is 56.2 Å². The molecule has 0 spiro atoms. The van der Waals surface area contributed by atoms with Gasteiger partial charge in [-0.3, -0.25) is 9.59 Å². The van der Waals surface area contributed by atoms with Crippen LogP contribution >= 0.6 is 0 Å². The number of carbonyl (C=O) groups excluding carboxylic acids is 1. The van der Waals surface area contributed by atoms with Crippen molar-refractivity contribution in [2.75, 3.05) is 5.32 Å². The molecule has 0 radical (unpaired) electrons. The Kier molecular flexibility index (Phi) is 4.03. The molecule has 6 heteroatoms. The molecule has 4 aromatic rings. The van der Waals surface area contributed by atoms with Crippen LogP contribution in [-0.4, -0.2) is 19.9 Å². The van der Waals surface area contributed by atoms with E-state index in [0.717, 1.165) is 22.3 Å². The number of aryl methyl sites for hydroxylation is 3. The highest BCUT2D eigenvalue weighted by molar-refractivity contribution is 5.91. The van der Waals surface area contributed by atoms with Gasteiger partial charge >= 0.3 is 0 Å². The number of rotatable bonds is 3. The van der Waals surface area contributed by atoms with Crippen LogP contribution in [0.15, 0.2) is 53.3 Å². The molecule has 1 N–H and O–H groups in total. The minimum absolute atomic E-state index is 0.0753. The first-order chi connectivity index (χ1) is 12.9. The van der Waals surface area contributed by atoms with E-state index < -0.39 is 0 Å². The smallest absolute Gasteiger partial charge is 0.259 e. The van der Waals surface area contributed by atoms with Crippen molar-refractivity contribution in [2.24, 2.45) is 0 Å². The minimum atomic E-state index is -0.168. The monoisotopic (exact) mass is 360 g/mol. The van der Waals surface area contributed by atoms with Crippen LogP contribution in [0, 0.1) is 20.8 Å². The fourth-order valence-corrected chi connectivity index (χ4v) is 3.25. The molecule has 2 aromatic carbocycles. The maximum atomic E-state index is 12.6. The first-order valence-electron chi connectivity index (χ1n) is 8.79. The van der Waals surface area contributed by atoms with Crippen molar-refractivity contribution in [1.82, 2.24) is 14.0 Å². The summed E-state index contributed by atoms with van der Waals surface area (Å²) in [7, 11) is 0. The number of para-hydroxylation sites is 2. The molecule has 0 bridgehead atoms. The number of aromatic nitrogens is 3. The lowest BCUT2D eigenvalue weighted by Gasteiger charge is -2.13. The lowest BCUT2D eigenvalue weighted by Crippen LogP contribution is -2.25. The van der Waals surface area contributed by atoms with E-state index in [4.69, 9.17) is 0 Å². The van der Waals surface area contributed by atoms with E-state index in [1.165, 1.54) is 11.6 Å². The Morgan fingerprint density at radius 1 is 1.04 bits per heavy atom. The molecule has 136 valence electrons. The Hall–Kier alpha value is -3.41. The van der Waals surface area contributed by atoms with E-state index in [9.17, 15) is 9.59 Å². The molecule has 0 aliphatic carbocycles. The molecule has 27 heavy (non-hydrogen) atoms. The van der Waals surface area contributed by atoms with Gasteiger partial charge in [-0.2, -0.15) is 0 Å². The van der Waals surface area contributed by atoms with Crippen molar-refractivity contribution >= 4 is 28.4 Å². The van der Waals surface area contributed by atoms with Crippen LogP contribution in [0.1, 0.15) is 16.8 Å². The molecule has 0 unspecified atom stereocenters. The summed E-state index contributed by atoms with van der Waals surface area (Å²) < 4.78 is 3.31. The van der Waals surface area contributed by atoms with Crippen LogP contribution < -0.4 is 10.9 Å². The zero-order valence-corrected chi connectivity index (χ0v) is 15.5. The Labute approximate surface area is 156 Å². The summed E-state index contributed by atoms with van der Waals surface area (Å²) in [5.74, 6) is 0.301. The highest BCUT2D eigenvalue weighted by Crippen LogP contribution is 2.17. The normalized spacial score (nSPS) is 11.2. The van der Waals surface area contributed by atoms with Gasteiger partial charge in [-0.15, -0.1) is 0 Å². The third-order valence-electron chi connectivity index (χ3n) is 4.86. The fourth-order valence-electron chi connectivity index (χ4n) is 3.25. The summed E-state index contributed by atoms with van der Waals surface area (Å²) in [5, 5.41) is 2.92. The van der Waals surface area contributed by atoms with Gasteiger partial charge in [0.15, 0.2) is 0 Å². The molecular weight excluding hydrogens is 340 g/mol. The SMILES string of the molecule is Cc1ccc(NC(=O)Cn2c(C)cc(=O)n3c4ccccc4nc23)cc1C. The van der Waals surface area contributed by atoms with Crippen molar-refractivity contribution in [1.29, 1.82) is 0 Å². The van der Waals surface area contributed by atoms with Gasteiger partial charge in [0.25, 0.3) is 5.56 Å². The van der Waals surface area contributed by atoms with E-state index in [1.54, 1.807) is 8.97 Å². The van der Waals surface area contributed by atoms with Crippen molar-refractivity contribution in [3.63, 3.8) is 0 Å². The molecule has 0 atom stereocenters. The van der Waals surface area contributed by atoms with E-state index in [-0.39, 0.29) is 18.0 Å². The number of anilines is 1. The lowest BCUT2D eigenvalue weighted by molar-refractivity contribution is -0.116. The summed E-state index contributed by atoms with van der Waals surface area (Å²) in [4.78, 5) is 29.7. The molecule has 2 aromatic heterocycles. The number of hydrogen-bond donors (Lipinski definition) is 1. The molecule has 0 saturated heterocycles. The Morgan fingerprint density at radius 2 is 1.81 bits per heavy atom. The number of hydrogen-bond acceptors (Lipinski definition) is 3. The Morgan fingerprint density at radius 3 is 2.59 bits per heavy atom. The van der Waals surface area contributed by atoms with Crippen LogP contribution in [0.2, 0.25) is 0 Å². The minimum Gasteiger partial charge on any atom is -0.325 e. The molecule has 6 nitrogen and oxygen atoms in total. The zero-order valence-electron chi connectivity index (χ0n) is 15.5. The van der Waals surface area contributed by atoms with Crippen LogP contribution in [0.25, 0.3) is 16.8 Å². The maximum absolute atomic E-state index is 12.6. The summed E-state index contributed by atoms with van der Waals surface area (Å²) in [6.45, 7) is 5.93. The van der Waals surface area contributed by atoms with Gasteiger partial charge < -0.3 is 9.88 Å². The second-order valence-corrected chi connectivity index (χ2v) is 6.79. The number of imidazole rings is 1. The largest absolute Gasteiger partial charge is 0.325 e. The number of nitrogens with one attached hydrogen (secondary N) is 1. The fraction of sp³-hybridized carbons (Fsp3) is 0.190. The average Bonchev–Trinajstić information content (AvgIpc) is 3.01. The highest BCUT2D eigenvalue weighted by atomic mass is 16.2. The molecule has 0 fully saturated rings. The summed E-state index contributed by atoms with van der Waals surface area (Å²) >= 11 is 0. The van der Waals surface area contributed by atoms with E-state index in [0.29, 0.717) is 11.5 Å². The first kappa shape index (κ1) is 17.0. The van der Waals surface area contributed by atoms with E-state index in [2.05, 4.69) is 10.3 Å². The number of carbonyl (C=O) groups is 1. The quantitative estimate of drug-likeness (QED) is 0.610. The zero-order chi connectivity index (χ0) is 19.1. The summed E-state index contributed by atoms with van der Waals surface area (Å²) in [5.41, 5.74) is 5.06. The van der Waals surface area contributed by atoms with Gasteiger partial charge in [-0.1, -0.05) is 18.2 Å². The molecule has 4 rings (SSSR count). The number of amides is 1. The molecule has 1 amide bonds.